The number of nitrogens with two attached hydrogens (primary N) is 1. The van der Waals surface area contributed by atoms with Crippen molar-refractivity contribution in [1.29, 1.82) is 0 Å². The number of benzene rings is 2. The molecule has 0 radical (unpaired) electrons. The maximum atomic E-state index is 13.1. The van der Waals surface area contributed by atoms with Gasteiger partial charge in [0.2, 0.25) is 5.91 Å². The van der Waals surface area contributed by atoms with Crippen molar-refractivity contribution in [3.63, 3.8) is 0 Å². The smallest absolute Gasteiger partial charge is 0.239 e. The van der Waals surface area contributed by atoms with Crippen LogP contribution in [0.4, 0.5) is 0 Å². The van der Waals surface area contributed by atoms with Crippen molar-refractivity contribution in [2.24, 2.45) is 11.7 Å². The maximum Gasteiger partial charge on any atom is 0.239 e. The molecule has 0 aliphatic carbocycles. The summed E-state index contributed by atoms with van der Waals surface area (Å²) in [7, 11) is 0. The van der Waals surface area contributed by atoms with E-state index in [1.165, 1.54) is 5.56 Å². The maximum absolute atomic E-state index is 13.1. The number of nitrogens with zero attached hydrogens (tertiary/aromatic N) is 2. The third-order valence-corrected chi connectivity index (χ3v) is 6.16. The summed E-state index contributed by atoms with van der Waals surface area (Å²) >= 11 is 0. The summed E-state index contributed by atoms with van der Waals surface area (Å²) in [4.78, 5) is 19.2. The highest BCUT2D eigenvalue weighted by atomic mass is 16.5. The van der Waals surface area contributed by atoms with E-state index >= 15 is 0 Å². The van der Waals surface area contributed by atoms with Crippen LogP contribution in [0.1, 0.15) is 37.0 Å². The predicted octanol–water partition coefficient (Wildman–Crippen LogP) is 4.45. The number of fused-ring (bicyclic) bond motifs is 3. The van der Waals surface area contributed by atoms with Gasteiger partial charge >= 0.3 is 0 Å². The molecule has 2 bridgehead atoms. The summed E-state index contributed by atoms with van der Waals surface area (Å²) in [6.45, 7) is 6.52. The van der Waals surface area contributed by atoms with Crippen LogP contribution in [0.15, 0.2) is 67.0 Å². The summed E-state index contributed by atoms with van der Waals surface area (Å²) in [5.74, 6) is 1.20. The van der Waals surface area contributed by atoms with Gasteiger partial charge in [-0.3, -0.25) is 9.78 Å². The number of pyridine rings is 1. The standard InChI is InChI=1S/C29H35N3O3/c1-21(2)15-27(30)29(33)32-11-12-34-13-14-35-28-9-8-24(25-7-4-10-31-19-25)18-26(28)17-22-5-3-6-23(16-22)20-32/h3-10,16,18-19,21,27H,11-15,17,20,30H2,1-2H3/t27-/m1/s1. The fourth-order valence-corrected chi connectivity index (χ4v) is 4.45. The molecule has 1 aromatic heterocycles. The molecule has 4 rings (SSSR count). The van der Waals surface area contributed by atoms with Gasteiger partial charge in [0.15, 0.2) is 0 Å². The van der Waals surface area contributed by atoms with Crippen LogP contribution in [-0.4, -0.2) is 48.2 Å². The molecule has 184 valence electrons. The van der Waals surface area contributed by atoms with Gasteiger partial charge < -0.3 is 20.1 Å². The number of hydrogen-bond donors (Lipinski definition) is 1. The molecule has 2 aromatic carbocycles. The van der Waals surface area contributed by atoms with E-state index in [1.807, 2.05) is 23.2 Å². The SMILES string of the molecule is CC(C)C[C@@H](N)C(=O)N1CCOCCOc2ccc(-c3cccnc3)cc2Cc2cccc(c2)C1. The van der Waals surface area contributed by atoms with Crippen LogP contribution < -0.4 is 10.5 Å². The van der Waals surface area contributed by atoms with Crippen LogP contribution in [0, 0.1) is 5.92 Å². The minimum absolute atomic E-state index is 0.0255. The quantitative estimate of drug-likeness (QED) is 0.606. The number of carbonyl (C=O) groups excluding carboxylic acids is 1. The molecule has 0 saturated carbocycles. The second-order valence-electron chi connectivity index (χ2n) is 9.52. The molecule has 0 spiro atoms. The topological polar surface area (TPSA) is 77.7 Å². The summed E-state index contributed by atoms with van der Waals surface area (Å²) in [6, 6.07) is 18.2. The Balaban J connectivity index is 1.61. The first-order chi connectivity index (χ1) is 17.0. The molecule has 0 fully saturated rings. The van der Waals surface area contributed by atoms with Crippen LogP contribution in [0.5, 0.6) is 5.75 Å². The number of aromatic nitrogens is 1. The summed E-state index contributed by atoms with van der Waals surface area (Å²) in [6.07, 6.45) is 5.04. The molecular formula is C29H35N3O3. The van der Waals surface area contributed by atoms with Crippen molar-refractivity contribution in [3.05, 3.63) is 83.7 Å². The number of rotatable bonds is 4. The van der Waals surface area contributed by atoms with E-state index in [4.69, 9.17) is 15.2 Å². The molecule has 0 saturated heterocycles. The van der Waals surface area contributed by atoms with Gasteiger partial charge in [-0.2, -0.15) is 0 Å². The number of hydrogen-bond acceptors (Lipinski definition) is 5. The first kappa shape index (κ1) is 24.9. The first-order valence-electron chi connectivity index (χ1n) is 12.4. The Hall–Kier alpha value is -3.22. The molecule has 1 amide bonds. The van der Waals surface area contributed by atoms with Crippen LogP contribution in [-0.2, 0) is 22.5 Å². The van der Waals surface area contributed by atoms with Crippen LogP contribution >= 0.6 is 0 Å². The number of ether oxygens (including phenoxy) is 2. The van der Waals surface area contributed by atoms with Gasteiger partial charge in [0.25, 0.3) is 0 Å². The van der Waals surface area contributed by atoms with Crippen molar-refractivity contribution in [1.82, 2.24) is 9.88 Å². The number of amides is 1. The normalized spacial score (nSPS) is 15.6. The molecule has 1 atom stereocenters. The van der Waals surface area contributed by atoms with E-state index in [-0.39, 0.29) is 5.91 Å². The van der Waals surface area contributed by atoms with Crippen molar-refractivity contribution in [2.45, 2.75) is 39.3 Å². The Morgan fingerprint density at radius 3 is 2.69 bits per heavy atom. The molecule has 2 heterocycles. The predicted molar refractivity (Wildman–Crippen MR) is 138 cm³/mol. The highest BCUT2D eigenvalue weighted by molar-refractivity contribution is 5.81. The third-order valence-electron chi connectivity index (χ3n) is 6.16. The molecule has 35 heavy (non-hydrogen) atoms. The largest absolute Gasteiger partial charge is 0.491 e. The van der Waals surface area contributed by atoms with E-state index in [0.717, 1.165) is 34.4 Å². The van der Waals surface area contributed by atoms with Gasteiger partial charge in [-0.05, 0) is 52.8 Å². The molecule has 6 heteroatoms. The van der Waals surface area contributed by atoms with Gasteiger partial charge in [-0.15, -0.1) is 0 Å². The number of carbonyl (C=O) groups is 1. The first-order valence-corrected chi connectivity index (χ1v) is 12.4. The fraction of sp³-hybridized carbons (Fsp3) is 0.379. The molecular weight excluding hydrogens is 438 g/mol. The average Bonchev–Trinajstić information content (AvgIpc) is 2.85. The Bertz CT molecular complexity index is 1120. The third kappa shape index (κ3) is 6.90. The van der Waals surface area contributed by atoms with Gasteiger partial charge in [0.1, 0.15) is 12.4 Å². The highest BCUT2D eigenvalue weighted by Gasteiger charge is 2.22. The second-order valence-corrected chi connectivity index (χ2v) is 9.52. The van der Waals surface area contributed by atoms with E-state index in [9.17, 15) is 4.79 Å². The van der Waals surface area contributed by atoms with Crippen LogP contribution in [0.3, 0.4) is 0 Å². The zero-order valence-electron chi connectivity index (χ0n) is 20.7. The van der Waals surface area contributed by atoms with Gasteiger partial charge in [0.05, 0.1) is 19.3 Å². The molecule has 1 aliphatic rings. The Kier molecular flexibility index (Phi) is 8.50. The van der Waals surface area contributed by atoms with Crippen LogP contribution in [0.2, 0.25) is 0 Å². The second kappa shape index (κ2) is 12.0. The lowest BCUT2D eigenvalue weighted by Gasteiger charge is -2.27. The summed E-state index contributed by atoms with van der Waals surface area (Å²) in [5.41, 5.74) is 11.8. The molecule has 6 nitrogen and oxygen atoms in total. The minimum Gasteiger partial charge on any atom is -0.491 e. The highest BCUT2D eigenvalue weighted by Crippen LogP contribution is 2.29. The van der Waals surface area contributed by atoms with Crippen LogP contribution in [0.25, 0.3) is 11.1 Å². The average molecular weight is 474 g/mol. The molecule has 3 aromatic rings. The van der Waals surface area contributed by atoms with E-state index in [2.05, 4.69) is 61.3 Å². The van der Waals surface area contributed by atoms with Gasteiger partial charge in [0, 0.05) is 37.5 Å². The lowest BCUT2D eigenvalue weighted by molar-refractivity contribution is -0.134. The Morgan fingerprint density at radius 1 is 1.03 bits per heavy atom. The van der Waals surface area contributed by atoms with E-state index < -0.39 is 6.04 Å². The molecule has 1 aliphatic heterocycles. The monoisotopic (exact) mass is 473 g/mol. The minimum atomic E-state index is -0.502. The summed E-state index contributed by atoms with van der Waals surface area (Å²) < 4.78 is 11.9. The van der Waals surface area contributed by atoms with Crippen molar-refractivity contribution >= 4 is 5.91 Å². The van der Waals surface area contributed by atoms with Gasteiger partial charge in [-0.25, -0.2) is 0 Å². The molecule has 0 unspecified atom stereocenters. The van der Waals surface area contributed by atoms with Crippen molar-refractivity contribution < 1.29 is 14.3 Å². The lowest BCUT2D eigenvalue weighted by Crippen LogP contribution is -2.45. The van der Waals surface area contributed by atoms with Crippen molar-refractivity contribution in [2.75, 3.05) is 26.4 Å². The Labute approximate surface area is 208 Å². The lowest BCUT2D eigenvalue weighted by atomic mass is 9.98. The van der Waals surface area contributed by atoms with E-state index in [1.54, 1.807) is 6.20 Å². The molecule has 2 N–H and O–H groups in total. The zero-order valence-corrected chi connectivity index (χ0v) is 20.7. The summed E-state index contributed by atoms with van der Waals surface area (Å²) in [5, 5.41) is 0. The zero-order chi connectivity index (χ0) is 24.6. The van der Waals surface area contributed by atoms with Gasteiger partial charge in [-0.1, -0.05) is 50.2 Å². The van der Waals surface area contributed by atoms with Crippen molar-refractivity contribution in [3.8, 4) is 16.9 Å². The Morgan fingerprint density at radius 2 is 1.89 bits per heavy atom. The fourth-order valence-electron chi connectivity index (χ4n) is 4.45. The van der Waals surface area contributed by atoms with E-state index in [0.29, 0.717) is 45.2 Å².